The second kappa shape index (κ2) is 15.5. The summed E-state index contributed by atoms with van der Waals surface area (Å²) in [6.45, 7) is 4.49. The molecular formula is C22H33NO3. The first-order chi connectivity index (χ1) is 12.8. The molecule has 1 heterocycles. The van der Waals surface area contributed by atoms with Crippen molar-refractivity contribution in [3.05, 3.63) is 12.2 Å². The van der Waals surface area contributed by atoms with Crippen LogP contribution in [0, 0.1) is 23.7 Å². The zero-order chi connectivity index (χ0) is 18.9. The van der Waals surface area contributed by atoms with Crippen LogP contribution in [0.1, 0.15) is 64.7 Å². The number of morpholine rings is 1. The molecule has 0 bridgehead atoms. The molecule has 144 valence electrons. The Hall–Kier alpha value is -1.75. The van der Waals surface area contributed by atoms with E-state index >= 15 is 0 Å². The number of hydrogen-bond donors (Lipinski definition) is 1. The summed E-state index contributed by atoms with van der Waals surface area (Å²) in [7, 11) is 0. The second-order valence-electron chi connectivity index (χ2n) is 6.49. The molecule has 1 atom stereocenters. The number of carbonyl (C=O) groups is 1. The highest BCUT2D eigenvalue weighted by Gasteiger charge is 2.23. The lowest BCUT2D eigenvalue weighted by molar-refractivity contribution is -0.144. The number of carbonyl (C=O) groups excluding carboxylic acids is 1. The third-order valence-corrected chi connectivity index (χ3v) is 4.25. The van der Waals surface area contributed by atoms with E-state index in [-0.39, 0.29) is 5.91 Å². The van der Waals surface area contributed by atoms with E-state index in [0.29, 0.717) is 32.7 Å². The number of aliphatic hydroxyl groups is 1. The summed E-state index contributed by atoms with van der Waals surface area (Å²) in [5.41, 5.74) is 0. The predicted molar refractivity (Wildman–Crippen MR) is 105 cm³/mol. The molecule has 0 aliphatic carbocycles. The van der Waals surface area contributed by atoms with Crippen LogP contribution >= 0.6 is 0 Å². The van der Waals surface area contributed by atoms with Crippen molar-refractivity contribution in [2.24, 2.45) is 0 Å². The maximum Gasteiger partial charge on any atom is 0.251 e. The third kappa shape index (κ3) is 11.0. The fraction of sp³-hybridized carbons (Fsp3) is 0.682. The van der Waals surface area contributed by atoms with Gasteiger partial charge in [0.25, 0.3) is 5.91 Å². The Balaban J connectivity index is 2.02. The zero-order valence-corrected chi connectivity index (χ0v) is 16.1. The van der Waals surface area contributed by atoms with Gasteiger partial charge in [-0.15, -0.1) is 0 Å². The molecule has 0 aromatic carbocycles. The number of allylic oxidation sites excluding steroid dienone is 2. The molecule has 4 nitrogen and oxygen atoms in total. The molecule has 0 saturated carbocycles. The number of aliphatic hydroxyl groups excluding tert-OH is 1. The lowest BCUT2D eigenvalue weighted by Crippen LogP contribution is -2.45. The van der Waals surface area contributed by atoms with Crippen LogP contribution in [0.2, 0.25) is 0 Å². The molecule has 1 fully saturated rings. The van der Waals surface area contributed by atoms with E-state index in [1.54, 1.807) is 11.0 Å². The van der Waals surface area contributed by atoms with E-state index in [2.05, 4.69) is 30.6 Å². The van der Waals surface area contributed by atoms with Gasteiger partial charge in [-0.3, -0.25) is 4.79 Å². The molecular weight excluding hydrogens is 326 g/mol. The van der Waals surface area contributed by atoms with E-state index in [9.17, 15) is 9.90 Å². The van der Waals surface area contributed by atoms with E-state index in [4.69, 9.17) is 4.74 Å². The summed E-state index contributed by atoms with van der Waals surface area (Å²) in [5, 5.41) is 9.98. The van der Waals surface area contributed by atoms with Crippen LogP contribution in [0.15, 0.2) is 12.2 Å². The molecule has 0 aromatic rings. The van der Waals surface area contributed by atoms with Gasteiger partial charge < -0.3 is 14.7 Å². The van der Waals surface area contributed by atoms with Crippen molar-refractivity contribution in [1.82, 2.24) is 4.90 Å². The summed E-state index contributed by atoms with van der Waals surface area (Å²) in [4.78, 5) is 13.7. The number of nitrogens with zero attached hydrogens (tertiary/aromatic N) is 1. The highest BCUT2D eigenvalue weighted by Crippen LogP contribution is 2.09. The van der Waals surface area contributed by atoms with Gasteiger partial charge in [-0.05, 0) is 31.4 Å². The molecule has 0 aromatic heterocycles. The fourth-order valence-electron chi connectivity index (χ4n) is 2.65. The molecule has 1 aliphatic rings. The van der Waals surface area contributed by atoms with Crippen LogP contribution in [0.5, 0.6) is 0 Å². The van der Waals surface area contributed by atoms with Crippen molar-refractivity contribution >= 4 is 5.91 Å². The van der Waals surface area contributed by atoms with Crippen molar-refractivity contribution in [2.45, 2.75) is 70.8 Å². The van der Waals surface area contributed by atoms with Gasteiger partial charge in [0, 0.05) is 25.9 Å². The van der Waals surface area contributed by atoms with Gasteiger partial charge >= 0.3 is 0 Å². The fourth-order valence-corrected chi connectivity index (χ4v) is 2.65. The van der Waals surface area contributed by atoms with Crippen LogP contribution in [-0.2, 0) is 9.53 Å². The zero-order valence-electron chi connectivity index (χ0n) is 16.1. The molecule has 0 spiro atoms. The maximum absolute atomic E-state index is 12.0. The monoisotopic (exact) mass is 359 g/mol. The van der Waals surface area contributed by atoms with E-state index in [1.807, 2.05) is 6.08 Å². The van der Waals surface area contributed by atoms with Gasteiger partial charge in [-0.2, -0.15) is 0 Å². The SMILES string of the molecule is CCCCCC#CC=CC#CCCCCCC(O)C(=O)N1CCOCC1. The summed E-state index contributed by atoms with van der Waals surface area (Å²) in [6.07, 6.45) is 11.5. The number of ether oxygens (including phenoxy) is 1. The van der Waals surface area contributed by atoms with Crippen LogP contribution < -0.4 is 0 Å². The first-order valence-corrected chi connectivity index (χ1v) is 9.92. The molecule has 1 unspecified atom stereocenters. The summed E-state index contributed by atoms with van der Waals surface area (Å²) < 4.78 is 5.22. The summed E-state index contributed by atoms with van der Waals surface area (Å²) in [5.74, 6) is 12.1. The van der Waals surface area contributed by atoms with Crippen LogP contribution in [0.3, 0.4) is 0 Å². The normalized spacial score (nSPS) is 15.1. The molecule has 4 heteroatoms. The first-order valence-electron chi connectivity index (χ1n) is 9.92. The van der Waals surface area contributed by atoms with E-state index in [1.165, 1.54) is 19.3 Å². The van der Waals surface area contributed by atoms with Gasteiger partial charge in [0.2, 0.25) is 0 Å². The Labute approximate surface area is 159 Å². The Bertz CT molecular complexity index is 527. The third-order valence-electron chi connectivity index (χ3n) is 4.25. The molecule has 0 radical (unpaired) electrons. The number of unbranched alkanes of at least 4 members (excludes halogenated alkanes) is 6. The van der Waals surface area contributed by atoms with Crippen molar-refractivity contribution in [3.8, 4) is 23.7 Å². The Morgan fingerprint density at radius 3 is 2.27 bits per heavy atom. The lowest BCUT2D eigenvalue weighted by Gasteiger charge is -2.28. The smallest absolute Gasteiger partial charge is 0.251 e. The summed E-state index contributed by atoms with van der Waals surface area (Å²) >= 11 is 0. The largest absolute Gasteiger partial charge is 0.383 e. The lowest BCUT2D eigenvalue weighted by atomic mass is 10.1. The molecule has 1 rings (SSSR count). The maximum atomic E-state index is 12.0. The molecule has 1 saturated heterocycles. The number of amides is 1. The minimum absolute atomic E-state index is 0.158. The average Bonchev–Trinajstić information content (AvgIpc) is 2.68. The van der Waals surface area contributed by atoms with Crippen LogP contribution in [0.25, 0.3) is 0 Å². The molecule has 1 amide bonds. The van der Waals surface area contributed by atoms with Crippen LogP contribution in [-0.4, -0.2) is 48.3 Å². The minimum atomic E-state index is -0.877. The second-order valence-corrected chi connectivity index (χ2v) is 6.49. The predicted octanol–water partition coefficient (Wildman–Crippen LogP) is 3.30. The Kier molecular flexibility index (Phi) is 13.3. The van der Waals surface area contributed by atoms with Crippen molar-refractivity contribution in [2.75, 3.05) is 26.3 Å². The van der Waals surface area contributed by atoms with Crippen molar-refractivity contribution in [3.63, 3.8) is 0 Å². The van der Waals surface area contributed by atoms with Crippen molar-refractivity contribution < 1.29 is 14.6 Å². The van der Waals surface area contributed by atoms with Crippen molar-refractivity contribution in [1.29, 1.82) is 0 Å². The molecule has 1 N–H and O–H groups in total. The highest BCUT2D eigenvalue weighted by atomic mass is 16.5. The number of rotatable bonds is 9. The Morgan fingerprint density at radius 2 is 1.65 bits per heavy atom. The van der Waals surface area contributed by atoms with E-state index in [0.717, 1.165) is 32.1 Å². The van der Waals surface area contributed by atoms with Gasteiger partial charge in [-0.25, -0.2) is 0 Å². The molecule has 26 heavy (non-hydrogen) atoms. The minimum Gasteiger partial charge on any atom is -0.383 e. The Morgan fingerprint density at radius 1 is 1.04 bits per heavy atom. The standard InChI is InChI=1S/C22H33NO3/c1-2-3-4-5-6-7-8-9-10-11-12-13-14-15-16-21(24)22(25)23-17-19-26-20-18-23/h8-9,21,24H,2-5,12-20H2,1H3. The van der Waals surface area contributed by atoms with Gasteiger partial charge in [0.05, 0.1) is 13.2 Å². The number of hydrogen-bond acceptors (Lipinski definition) is 3. The van der Waals surface area contributed by atoms with Crippen LogP contribution in [0.4, 0.5) is 0 Å². The topological polar surface area (TPSA) is 49.8 Å². The first kappa shape index (κ1) is 22.3. The van der Waals surface area contributed by atoms with Gasteiger partial charge in [0.1, 0.15) is 6.10 Å². The quantitative estimate of drug-likeness (QED) is 0.508. The average molecular weight is 360 g/mol. The highest BCUT2D eigenvalue weighted by molar-refractivity contribution is 5.80. The summed E-state index contributed by atoms with van der Waals surface area (Å²) in [6, 6.07) is 0. The van der Waals surface area contributed by atoms with Gasteiger partial charge in [-0.1, -0.05) is 56.3 Å². The molecule has 1 aliphatic heterocycles. The van der Waals surface area contributed by atoms with Gasteiger partial charge in [0.15, 0.2) is 0 Å². The van der Waals surface area contributed by atoms with E-state index < -0.39 is 6.10 Å².